The molecule has 1 aromatic rings. The van der Waals surface area contributed by atoms with Gasteiger partial charge in [0.1, 0.15) is 6.04 Å². The van der Waals surface area contributed by atoms with Gasteiger partial charge in [0.05, 0.1) is 18.8 Å². The number of amides is 1. The van der Waals surface area contributed by atoms with E-state index in [1.54, 1.807) is 0 Å². The fourth-order valence-electron chi connectivity index (χ4n) is 3.31. The number of carbonyl (C=O) groups is 1. The molecule has 1 aliphatic heterocycles. The molecule has 3 atom stereocenters. The molecule has 0 saturated carbocycles. The van der Waals surface area contributed by atoms with E-state index in [9.17, 15) is 26.7 Å². The molecule has 1 amide bonds. The second-order valence-corrected chi connectivity index (χ2v) is 5.71. The first kappa shape index (κ1) is 19.2. The Morgan fingerprint density at radius 3 is 2.36 bits per heavy atom. The van der Waals surface area contributed by atoms with Crippen LogP contribution in [0.2, 0.25) is 0 Å². The van der Waals surface area contributed by atoms with Crippen LogP contribution >= 0.6 is 0 Å². The Hall–Kier alpha value is -2.10. The number of nitrogens with two attached hydrogens (primary N) is 1. The normalized spacial score (nSPS) is 26.8. The van der Waals surface area contributed by atoms with Gasteiger partial charge in [-0.15, -0.1) is 0 Å². The average molecular weight is 368 g/mol. The topological polar surface area (TPSA) is 64.8 Å². The number of halogens is 5. The second-order valence-electron chi connectivity index (χ2n) is 5.71. The van der Waals surface area contributed by atoms with Gasteiger partial charge in [-0.3, -0.25) is 4.79 Å². The number of rotatable bonds is 4. The molecule has 1 aromatic carbocycles. The Labute approximate surface area is 140 Å². The number of primary amides is 1. The summed E-state index contributed by atoms with van der Waals surface area (Å²) >= 11 is 0. The Kier molecular flexibility index (Phi) is 4.86. The number of ether oxygens (including phenoxy) is 2. The summed E-state index contributed by atoms with van der Waals surface area (Å²) in [6, 6.07) is -1.13. The molecular weight excluding hydrogens is 351 g/mol. The number of hydrogen-bond donors (Lipinski definition) is 1. The first-order chi connectivity index (χ1) is 11.5. The van der Waals surface area contributed by atoms with Gasteiger partial charge in [0.15, 0.2) is 17.2 Å². The van der Waals surface area contributed by atoms with Crippen molar-refractivity contribution in [1.82, 2.24) is 0 Å². The van der Waals surface area contributed by atoms with Gasteiger partial charge < -0.3 is 20.1 Å². The van der Waals surface area contributed by atoms with Crippen LogP contribution < -0.4 is 15.4 Å². The Morgan fingerprint density at radius 2 is 1.92 bits per heavy atom. The van der Waals surface area contributed by atoms with Crippen molar-refractivity contribution in [3.8, 4) is 5.75 Å². The van der Waals surface area contributed by atoms with Crippen LogP contribution in [-0.2, 0) is 9.53 Å². The smallest absolute Gasteiger partial charge is 0.419 e. The van der Waals surface area contributed by atoms with Gasteiger partial charge in [-0.1, -0.05) is 0 Å². The van der Waals surface area contributed by atoms with Crippen LogP contribution in [0.1, 0.15) is 13.3 Å². The van der Waals surface area contributed by atoms with Crippen LogP contribution in [0.25, 0.3) is 0 Å². The lowest BCUT2D eigenvalue weighted by atomic mass is 9.93. The number of benzene rings is 1. The zero-order valence-electron chi connectivity index (χ0n) is 13.7. The van der Waals surface area contributed by atoms with E-state index in [0.29, 0.717) is 0 Å². The maximum absolute atomic E-state index is 14.0. The molecule has 25 heavy (non-hydrogen) atoms. The molecule has 5 nitrogen and oxygen atoms in total. The molecule has 0 radical (unpaired) electrons. The predicted molar refractivity (Wildman–Crippen MR) is 78.2 cm³/mol. The summed E-state index contributed by atoms with van der Waals surface area (Å²) in [5.41, 5.74) is 2.33. The zero-order chi connectivity index (χ0) is 19.2. The molecule has 1 saturated heterocycles. The summed E-state index contributed by atoms with van der Waals surface area (Å²) in [6.45, 7) is 1.17. The summed E-state index contributed by atoms with van der Waals surface area (Å²) in [7, 11) is 1.91. The Bertz CT molecular complexity index is 682. The minimum atomic E-state index is -4.82. The van der Waals surface area contributed by atoms with Crippen molar-refractivity contribution in [3.05, 3.63) is 23.8 Å². The summed E-state index contributed by atoms with van der Waals surface area (Å²) in [4.78, 5) is 12.7. The van der Waals surface area contributed by atoms with E-state index in [1.807, 2.05) is 0 Å². The Morgan fingerprint density at radius 1 is 1.32 bits per heavy atom. The van der Waals surface area contributed by atoms with Gasteiger partial charge in [0.25, 0.3) is 0 Å². The van der Waals surface area contributed by atoms with Crippen molar-refractivity contribution >= 4 is 11.6 Å². The molecule has 2 N–H and O–H groups in total. The summed E-state index contributed by atoms with van der Waals surface area (Å²) in [5, 5.41) is 0. The lowest BCUT2D eigenvalue weighted by molar-refractivity contribution is -0.270. The monoisotopic (exact) mass is 368 g/mol. The highest BCUT2D eigenvalue weighted by Gasteiger charge is 2.67. The third-order valence-electron chi connectivity index (χ3n) is 4.61. The minimum Gasteiger partial charge on any atom is -0.491 e. The SMILES string of the molecule is COc1c(N2[C@@H](C(N)=O)C[C@](OC)(C(F)(F)F)[C@H]2C)ccc(F)c1F. The average Bonchev–Trinajstić information content (AvgIpc) is 2.83. The zero-order valence-corrected chi connectivity index (χ0v) is 13.7. The van der Waals surface area contributed by atoms with Gasteiger partial charge in [-0.05, 0) is 19.1 Å². The Balaban J connectivity index is 2.67. The standard InChI is InChI=1S/C15H17F5N2O3/c1-7-14(25-3,15(18,19)20)6-10(13(21)23)22(7)9-5-4-8(16)11(17)12(9)24-2/h4-5,7,10H,6H2,1-3H3,(H2,21,23)/t7-,10-,14-/m1/s1. The first-order valence-corrected chi connectivity index (χ1v) is 7.23. The van der Waals surface area contributed by atoms with Crippen molar-refractivity contribution in [1.29, 1.82) is 0 Å². The van der Waals surface area contributed by atoms with E-state index < -0.39 is 53.6 Å². The second kappa shape index (κ2) is 6.32. The van der Waals surface area contributed by atoms with Gasteiger partial charge in [-0.25, -0.2) is 4.39 Å². The number of carbonyl (C=O) groups excluding carboxylic acids is 1. The number of nitrogens with zero attached hydrogens (tertiary/aromatic N) is 1. The maximum Gasteiger partial charge on any atom is 0.419 e. The highest BCUT2D eigenvalue weighted by Crippen LogP contribution is 2.50. The molecule has 1 fully saturated rings. The van der Waals surface area contributed by atoms with E-state index in [2.05, 4.69) is 0 Å². The number of alkyl halides is 3. The highest BCUT2D eigenvalue weighted by atomic mass is 19.4. The van der Waals surface area contributed by atoms with Crippen molar-refractivity contribution in [2.45, 2.75) is 37.2 Å². The fourth-order valence-corrected chi connectivity index (χ4v) is 3.31. The van der Waals surface area contributed by atoms with E-state index in [4.69, 9.17) is 15.2 Å². The van der Waals surface area contributed by atoms with Gasteiger partial charge in [0, 0.05) is 13.5 Å². The number of methoxy groups -OCH3 is 2. The van der Waals surface area contributed by atoms with E-state index in [1.165, 1.54) is 6.92 Å². The minimum absolute atomic E-state index is 0.221. The number of hydrogen-bond acceptors (Lipinski definition) is 4. The van der Waals surface area contributed by atoms with Crippen LogP contribution in [0.3, 0.4) is 0 Å². The van der Waals surface area contributed by atoms with Gasteiger partial charge >= 0.3 is 6.18 Å². The molecular formula is C15H17F5N2O3. The molecule has 1 heterocycles. The molecule has 1 aliphatic rings. The molecule has 0 unspecified atom stereocenters. The van der Waals surface area contributed by atoms with Gasteiger partial charge in [0.2, 0.25) is 11.7 Å². The van der Waals surface area contributed by atoms with Crippen LogP contribution in [0.5, 0.6) is 5.75 Å². The van der Waals surface area contributed by atoms with E-state index >= 15 is 0 Å². The summed E-state index contributed by atoms with van der Waals surface area (Å²) in [6.07, 6.45) is -5.61. The van der Waals surface area contributed by atoms with Crippen molar-refractivity contribution in [2.75, 3.05) is 19.1 Å². The lowest BCUT2D eigenvalue weighted by Crippen LogP contribution is -2.55. The van der Waals surface area contributed by atoms with E-state index in [0.717, 1.165) is 31.3 Å². The maximum atomic E-state index is 14.0. The van der Waals surface area contributed by atoms with Crippen molar-refractivity contribution < 1.29 is 36.2 Å². The van der Waals surface area contributed by atoms with Crippen LogP contribution in [0.4, 0.5) is 27.6 Å². The van der Waals surface area contributed by atoms with Crippen LogP contribution in [0, 0.1) is 11.6 Å². The molecule has 0 aliphatic carbocycles. The molecule has 10 heteroatoms. The third kappa shape index (κ3) is 2.78. The summed E-state index contributed by atoms with van der Waals surface area (Å²) < 4.78 is 77.9. The summed E-state index contributed by atoms with van der Waals surface area (Å²) in [5.74, 6) is -4.29. The lowest BCUT2D eigenvalue weighted by Gasteiger charge is -2.37. The van der Waals surface area contributed by atoms with Crippen molar-refractivity contribution in [3.63, 3.8) is 0 Å². The largest absolute Gasteiger partial charge is 0.491 e. The third-order valence-corrected chi connectivity index (χ3v) is 4.61. The molecule has 140 valence electrons. The molecule has 0 spiro atoms. The first-order valence-electron chi connectivity index (χ1n) is 7.23. The molecule has 0 bridgehead atoms. The van der Waals surface area contributed by atoms with Crippen molar-refractivity contribution in [2.24, 2.45) is 5.73 Å². The molecule has 0 aromatic heterocycles. The van der Waals surface area contributed by atoms with Gasteiger partial charge in [-0.2, -0.15) is 17.6 Å². The van der Waals surface area contributed by atoms with Crippen LogP contribution in [-0.4, -0.2) is 44.0 Å². The quantitative estimate of drug-likeness (QED) is 0.829. The highest BCUT2D eigenvalue weighted by molar-refractivity contribution is 5.86. The molecule has 2 rings (SSSR count). The fraction of sp³-hybridized carbons (Fsp3) is 0.533. The van der Waals surface area contributed by atoms with Crippen LogP contribution in [0.15, 0.2) is 12.1 Å². The predicted octanol–water partition coefficient (Wildman–Crippen LogP) is 2.37. The number of anilines is 1. The van der Waals surface area contributed by atoms with E-state index in [-0.39, 0.29) is 5.69 Å².